The molecule has 0 amide bonds. The smallest absolute Gasteiger partial charge is 0.224 e. The van der Waals surface area contributed by atoms with E-state index in [0.717, 1.165) is 29.8 Å². The number of benzene rings is 1. The van der Waals surface area contributed by atoms with E-state index in [9.17, 15) is 0 Å². The van der Waals surface area contributed by atoms with Crippen LogP contribution in [0.1, 0.15) is 18.9 Å². The van der Waals surface area contributed by atoms with E-state index in [1.165, 1.54) is 5.56 Å². The fraction of sp³-hybridized carbons (Fsp3) is 0.333. The summed E-state index contributed by atoms with van der Waals surface area (Å²) in [6.07, 6.45) is 2.84. The average molecular weight is 335 g/mol. The number of nitrogens with one attached hydrogen (secondary N) is 1. The summed E-state index contributed by atoms with van der Waals surface area (Å²) in [5.74, 6) is 1.60. The van der Waals surface area contributed by atoms with Gasteiger partial charge in [0.25, 0.3) is 0 Å². The summed E-state index contributed by atoms with van der Waals surface area (Å²) < 4.78 is 1.12. The van der Waals surface area contributed by atoms with Gasteiger partial charge in [-0.25, -0.2) is 4.98 Å². The first-order chi connectivity index (χ1) is 9.70. The summed E-state index contributed by atoms with van der Waals surface area (Å²) in [5.41, 5.74) is 1.23. The first-order valence-corrected chi connectivity index (χ1v) is 7.51. The summed E-state index contributed by atoms with van der Waals surface area (Å²) >= 11 is 3.57. The van der Waals surface area contributed by atoms with Crippen LogP contribution < -0.4 is 10.2 Å². The van der Waals surface area contributed by atoms with Gasteiger partial charge in [0.05, 0.1) is 0 Å². The van der Waals surface area contributed by atoms with Gasteiger partial charge in [-0.15, -0.1) is 0 Å². The molecule has 1 N–H and O–H groups in total. The van der Waals surface area contributed by atoms with Crippen molar-refractivity contribution in [2.45, 2.75) is 19.9 Å². The minimum Gasteiger partial charge on any atom is -0.355 e. The second-order valence-electron chi connectivity index (χ2n) is 4.61. The van der Waals surface area contributed by atoms with Crippen LogP contribution in [0.3, 0.4) is 0 Å². The van der Waals surface area contributed by atoms with Gasteiger partial charge in [-0.3, -0.25) is 0 Å². The van der Waals surface area contributed by atoms with Crippen molar-refractivity contribution in [2.24, 2.45) is 0 Å². The lowest BCUT2D eigenvalue weighted by molar-refractivity contribution is 0.881. The highest BCUT2D eigenvalue weighted by atomic mass is 79.9. The fourth-order valence-corrected chi connectivity index (χ4v) is 2.26. The maximum absolute atomic E-state index is 4.52. The highest BCUT2D eigenvalue weighted by Gasteiger charge is 2.07. The zero-order chi connectivity index (χ0) is 14.4. The number of rotatable bonds is 6. The largest absolute Gasteiger partial charge is 0.355 e. The average Bonchev–Trinajstić information content (AvgIpc) is 2.48. The van der Waals surface area contributed by atoms with E-state index in [0.29, 0.717) is 5.95 Å². The second kappa shape index (κ2) is 7.24. The third-order valence-electron chi connectivity index (χ3n) is 2.93. The van der Waals surface area contributed by atoms with Gasteiger partial charge in [0.2, 0.25) is 5.95 Å². The van der Waals surface area contributed by atoms with Gasteiger partial charge < -0.3 is 10.2 Å². The van der Waals surface area contributed by atoms with Crippen LogP contribution in [0.5, 0.6) is 0 Å². The zero-order valence-electron chi connectivity index (χ0n) is 11.8. The molecule has 5 heteroatoms. The Bertz CT molecular complexity index is 559. The molecule has 0 fully saturated rings. The number of aromatic nitrogens is 2. The Labute approximate surface area is 128 Å². The van der Waals surface area contributed by atoms with Crippen molar-refractivity contribution in [1.82, 2.24) is 9.97 Å². The van der Waals surface area contributed by atoms with Crippen molar-refractivity contribution in [2.75, 3.05) is 23.8 Å². The fourth-order valence-electron chi connectivity index (χ4n) is 1.85. The van der Waals surface area contributed by atoms with E-state index in [-0.39, 0.29) is 0 Å². The van der Waals surface area contributed by atoms with Crippen molar-refractivity contribution in [3.8, 4) is 0 Å². The molecule has 106 valence electrons. The van der Waals surface area contributed by atoms with Crippen LogP contribution >= 0.6 is 15.9 Å². The highest BCUT2D eigenvalue weighted by Crippen LogP contribution is 2.20. The first-order valence-electron chi connectivity index (χ1n) is 6.72. The molecule has 0 saturated carbocycles. The van der Waals surface area contributed by atoms with E-state index >= 15 is 0 Å². The van der Waals surface area contributed by atoms with Crippen molar-refractivity contribution in [3.05, 3.63) is 46.6 Å². The Morgan fingerprint density at radius 2 is 2.05 bits per heavy atom. The van der Waals surface area contributed by atoms with Crippen molar-refractivity contribution < 1.29 is 0 Å². The lowest BCUT2D eigenvalue weighted by atomic mass is 10.2. The van der Waals surface area contributed by atoms with E-state index < -0.39 is 0 Å². The lowest BCUT2D eigenvalue weighted by Crippen LogP contribution is -2.19. The molecular formula is C15H19BrN4. The molecule has 0 saturated heterocycles. The molecule has 0 bridgehead atoms. The topological polar surface area (TPSA) is 41.1 Å². The molecule has 20 heavy (non-hydrogen) atoms. The molecule has 4 nitrogen and oxygen atoms in total. The lowest BCUT2D eigenvalue weighted by Gasteiger charge is -2.19. The quantitative estimate of drug-likeness (QED) is 0.874. The summed E-state index contributed by atoms with van der Waals surface area (Å²) in [4.78, 5) is 10.9. The standard InChI is InChI=1S/C15H19BrN4/c1-3-9-17-15-18-10-8-14(19-15)20(2)11-12-6-4-5-7-13(12)16/h4-8,10H,3,9,11H2,1-2H3,(H,17,18,19). The SMILES string of the molecule is CCCNc1nccc(N(C)Cc2ccccc2Br)n1. The predicted octanol–water partition coefficient (Wildman–Crippen LogP) is 3.70. The van der Waals surface area contributed by atoms with Crippen LogP contribution in [0.2, 0.25) is 0 Å². The molecule has 0 aliphatic rings. The molecule has 1 aromatic heterocycles. The van der Waals surface area contributed by atoms with Gasteiger partial charge in [0, 0.05) is 30.8 Å². The van der Waals surface area contributed by atoms with Gasteiger partial charge in [-0.1, -0.05) is 41.1 Å². The number of nitrogens with zero attached hydrogens (tertiary/aromatic N) is 3. The number of halogens is 1. The Morgan fingerprint density at radius 3 is 2.80 bits per heavy atom. The minimum atomic E-state index is 0.684. The van der Waals surface area contributed by atoms with Gasteiger partial charge >= 0.3 is 0 Å². The predicted molar refractivity (Wildman–Crippen MR) is 87.1 cm³/mol. The minimum absolute atomic E-state index is 0.684. The molecule has 1 heterocycles. The number of anilines is 2. The second-order valence-corrected chi connectivity index (χ2v) is 5.47. The third-order valence-corrected chi connectivity index (χ3v) is 3.70. The number of hydrogen-bond donors (Lipinski definition) is 1. The molecule has 0 aliphatic carbocycles. The van der Waals surface area contributed by atoms with Crippen LogP contribution in [0.15, 0.2) is 41.0 Å². The molecule has 0 radical (unpaired) electrons. The van der Waals surface area contributed by atoms with Gasteiger partial charge in [0.1, 0.15) is 5.82 Å². The first kappa shape index (κ1) is 14.8. The van der Waals surface area contributed by atoms with E-state index in [1.807, 2.05) is 25.2 Å². The van der Waals surface area contributed by atoms with Gasteiger partial charge in [-0.2, -0.15) is 4.98 Å². The van der Waals surface area contributed by atoms with Gasteiger partial charge in [0.15, 0.2) is 0 Å². The molecule has 1 aromatic carbocycles. The van der Waals surface area contributed by atoms with Crippen LogP contribution in [0.25, 0.3) is 0 Å². The Balaban J connectivity index is 2.09. The molecular weight excluding hydrogens is 316 g/mol. The summed E-state index contributed by atoms with van der Waals surface area (Å²) in [5, 5.41) is 3.21. The van der Waals surface area contributed by atoms with E-state index in [1.54, 1.807) is 6.20 Å². The molecule has 0 aliphatic heterocycles. The highest BCUT2D eigenvalue weighted by molar-refractivity contribution is 9.10. The molecule has 2 rings (SSSR count). The van der Waals surface area contributed by atoms with Crippen molar-refractivity contribution >= 4 is 27.7 Å². The molecule has 0 spiro atoms. The molecule has 0 atom stereocenters. The van der Waals surface area contributed by atoms with Crippen molar-refractivity contribution in [1.29, 1.82) is 0 Å². The molecule has 0 unspecified atom stereocenters. The van der Waals surface area contributed by atoms with Crippen LogP contribution in [-0.2, 0) is 6.54 Å². The Morgan fingerprint density at radius 1 is 1.25 bits per heavy atom. The number of hydrogen-bond acceptors (Lipinski definition) is 4. The monoisotopic (exact) mass is 334 g/mol. The normalized spacial score (nSPS) is 10.3. The van der Waals surface area contributed by atoms with Crippen LogP contribution in [0.4, 0.5) is 11.8 Å². The Hall–Kier alpha value is -1.62. The third kappa shape index (κ3) is 3.93. The van der Waals surface area contributed by atoms with Crippen LogP contribution in [0, 0.1) is 0 Å². The van der Waals surface area contributed by atoms with Crippen molar-refractivity contribution in [3.63, 3.8) is 0 Å². The molecule has 2 aromatic rings. The summed E-state index contributed by atoms with van der Waals surface area (Å²) in [6.45, 7) is 3.80. The van der Waals surface area contributed by atoms with E-state index in [2.05, 4.69) is 55.2 Å². The maximum atomic E-state index is 4.52. The van der Waals surface area contributed by atoms with Gasteiger partial charge in [-0.05, 0) is 24.1 Å². The van der Waals surface area contributed by atoms with Crippen LogP contribution in [-0.4, -0.2) is 23.6 Å². The Kier molecular flexibility index (Phi) is 5.35. The van der Waals surface area contributed by atoms with E-state index in [4.69, 9.17) is 0 Å². The summed E-state index contributed by atoms with van der Waals surface area (Å²) in [7, 11) is 2.03. The zero-order valence-corrected chi connectivity index (χ0v) is 13.4. The maximum Gasteiger partial charge on any atom is 0.224 e. The summed E-state index contributed by atoms with van der Waals surface area (Å²) in [6, 6.07) is 10.1.